The topological polar surface area (TPSA) is 78.8 Å². The predicted octanol–water partition coefficient (Wildman–Crippen LogP) is 2.81. The van der Waals surface area contributed by atoms with Crippen LogP contribution in [0, 0.1) is 11.7 Å². The van der Waals surface area contributed by atoms with Gasteiger partial charge in [-0.1, -0.05) is 31.4 Å². The zero-order valence-corrected chi connectivity index (χ0v) is 14.7. The second-order valence-corrected chi connectivity index (χ2v) is 6.81. The zero-order chi connectivity index (χ0) is 18.7. The third-order valence-electron chi connectivity index (χ3n) is 4.98. The number of carbonyl (C=O) groups is 3. The van der Waals surface area contributed by atoms with Crippen molar-refractivity contribution < 1.29 is 18.8 Å². The molecular formula is C19H22FN3O3. The normalized spacial score (nSPS) is 22.5. The van der Waals surface area contributed by atoms with Gasteiger partial charge in [0, 0.05) is 11.8 Å². The van der Waals surface area contributed by atoms with E-state index in [2.05, 4.69) is 10.3 Å². The van der Waals surface area contributed by atoms with Crippen molar-refractivity contribution in [1.82, 2.24) is 10.2 Å². The number of nitrogens with one attached hydrogen (secondary N) is 1. The number of barbiturate groups is 1. The standard InChI is InChI=1S/C19H22FN3O3/c1-12(21-11-13-7-9-14(20)10-8-13)16-17(24)22-19(26)23(18(16)25)15-5-3-2-4-6-15/h7-10,15-16H,2-6,11H2,1H3,(H,22,24,26). The van der Waals surface area contributed by atoms with Gasteiger partial charge in [0.1, 0.15) is 5.82 Å². The van der Waals surface area contributed by atoms with Gasteiger partial charge in [0.2, 0.25) is 11.8 Å². The molecule has 1 N–H and O–H groups in total. The van der Waals surface area contributed by atoms with Crippen LogP contribution in [0.3, 0.4) is 0 Å². The second-order valence-electron chi connectivity index (χ2n) is 6.81. The van der Waals surface area contributed by atoms with E-state index in [0.29, 0.717) is 5.71 Å². The van der Waals surface area contributed by atoms with Gasteiger partial charge in [0.15, 0.2) is 5.92 Å². The van der Waals surface area contributed by atoms with Gasteiger partial charge in [-0.05, 0) is 37.5 Å². The molecule has 0 bridgehead atoms. The van der Waals surface area contributed by atoms with Gasteiger partial charge in [-0.2, -0.15) is 0 Å². The van der Waals surface area contributed by atoms with Crippen molar-refractivity contribution in [3.8, 4) is 0 Å². The van der Waals surface area contributed by atoms with E-state index < -0.39 is 23.8 Å². The molecule has 1 aliphatic heterocycles. The van der Waals surface area contributed by atoms with Crippen LogP contribution in [-0.2, 0) is 16.1 Å². The Morgan fingerprint density at radius 2 is 1.81 bits per heavy atom. The van der Waals surface area contributed by atoms with E-state index in [1.54, 1.807) is 19.1 Å². The molecule has 1 heterocycles. The van der Waals surface area contributed by atoms with Crippen LogP contribution in [0.5, 0.6) is 0 Å². The number of nitrogens with zero attached hydrogens (tertiary/aromatic N) is 2. The van der Waals surface area contributed by atoms with Crippen molar-refractivity contribution in [3.63, 3.8) is 0 Å². The van der Waals surface area contributed by atoms with E-state index in [-0.39, 0.29) is 18.4 Å². The molecular weight excluding hydrogens is 337 g/mol. The maximum atomic E-state index is 13.0. The third-order valence-corrected chi connectivity index (χ3v) is 4.98. The molecule has 0 spiro atoms. The Balaban J connectivity index is 1.76. The number of rotatable bonds is 4. The lowest BCUT2D eigenvalue weighted by Crippen LogP contribution is -2.62. The lowest BCUT2D eigenvalue weighted by molar-refractivity contribution is -0.141. The average Bonchev–Trinajstić information content (AvgIpc) is 2.61. The summed E-state index contributed by atoms with van der Waals surface area (Å²) in [5.41, 5.74) is 1.12. The van der Waals surface area contributed by atoms with Crippen LogP contribution >= 0.6 is 0 Å². The molecule has 1 saturated carbocycles. The predicted molar refractivity (Wildman–Crippen MR) is 94.0 cm³/mol. The Morgan fingerprint density at radius 1 is 1.15 bits per heavy atom. The molecule has 0 radical (unpaired) electrons. The summed E-state index contributed by atoms with van der Waals surface area (Å²) < 4.78 is 13.0. The van der Waals surface area contributed by atoms with Crippen molar-refractivity contribution in [2.24, 2.45) is 10.9 Å². The lowest BCUT2D eigenvalue weighted by Gasteiger charge is -2.37. The van der Waals surface area contributed by atoms with E-state index in [0.717, 1.165) is 37.7 Å². The fourth-order valence-corrected chi connectivity index (χ4v) is 3.54. The van der Waals surface area contributed by atoms with Gasteiger partial charge in [-0.15, -0.1) is 0 Å². The third kappa shape index (κ3) is 3.81. The van der Waals surface area contributed by atoms with Crippen LogP contribution in [0.25, 0.3) is 0 Å². The number of amides is 4. The van der Waals surface area contributed by atoms with Crippen LogP contribution < -0.4 is 5.32 Å². The van der Waals surface area contributed by atoms with Crippen molar-refractivity contribution in [3.05, 3.63) is 35.6 Å². The van der Waals surface area contributed by atoms with Gasteiger partial charge in [-0.25, -0.2) is 9.18 Å². The first-order chi connectivity index (χ1) is 12.5. The van der Waals surface area contributed by atoms with E-state index in [1.165, 1.54) is 17.0 Å². The van der Waals surface area contributed by atoms with Gasteiger partial charge in [-0.3, -0.25) is 24.8 Å². The van der Waals surface area contributed by atoms with Crippen molar-refractivity contribution in [2.45, 2.75) is 51.6 Å². The number of hydrogen-bond acceptors (Lipinski definition) is 4. The summed E-state index contributed by atoms with van der Waals surface area (Å²) in [7, 11) is 0. The van der Waals surface area contributed by atoms with Gasteiger partial charge in [0.25, 0.3) is 0 Å². The largest absolute Gasteiger partial charge is 0.331 e. The first-order valence-corrected chi connectivity index (χ1v) is 8.90. The van der Waals surface area contributed by atoms with Crippen LogP contribution in [-0.4, -0.2) is 34.5 Å². The summed E-state index contributed by atoms with van der Waals surface area (Å²) in [5.74, 6) is -2.55. The molecule has 1 aliphatic carbocycles. The zero-order valence-electron chi connectivity index (χ0n) is 14.7. The highest BCUT2D eigenvalue weighted by atomic mass is 19.1. The smallest absolute Gasteiger partial charge is 0.288 e. The summed E-state index contributed by atoms with van der Waals surface area (Å²) in [5, 5.41) is 2.29. The second kappa shape index (κ2) is 7.76. The highest BCUT2D eigenvalue weighted by Crippen LogP contribution is 2.26. The Kier molecular flexibility index (Phi) is 5.44. The lowest BCUT2D eigenvalue weighted by atomic mass is 9.91. The van der Waals surface area contributed by atoms with Crippen LogP contribution in [0.15, 0.2) is 29.3 Å². The molecule has 138 valence electrons. The van der Waals surface area contributed by atoms with Crippen molar-refractivity contribution in [1.29, 1.82) is 0 Å². The van der Waals surface area contributed by atoms with Gasteiger partial charge >= 0.3 is 6.03 Å². The van der Waals surface area contributed by atoms with E-state index in [1.807, 2.05) is 0 Å². The molecule has 1 aromatic carbocycles. The summed E-state index contributed by atoms with van der Waals surface area (Å²) in [6, 6.07) is 5.09. The molecule has 1 unspecified atom stereocenters. The molecule has 1 atom stereocenters. The maximum absolute atomic E-state index is 13.0. The number of hydrogen-bond donors (Lipinski definition) is 1. The minimum Gasteiger partial charge on any atom is -0.288 e. The highest BCUT2D eigenvalue weighted by Gasteiger charge is 2.44. The molecule has 26 heavy (non-hydrogen) atoms. The molecule has 4 amide bonds. The molecule has 0 aromatic heterocycles. The molecule has 1 aromatic rings. The molecule has 7 heteroatoms. The Hall–Kier alpha value is -2.57. The fraction of sp³-hybridized carbons (Fsp3) is 0.474. The number of carbonyl (C=O) groups excluding carboxylic acids is 3. The van der Waals surface area contributed by atoms with E-state index in [4.69, 9.17) is 0 Å². The average molecular weight is 359 g/mol. The van der Waals surface area contributed by atoms with Gasteiger partial charge < -0.3 is 0 Å². The molecule has 3 rings (SSSR count). The van der Waals surface area contributed by atoms with E-state index >= 15 is 0 Å². The van der Waals surface area contributed by atoms with Gasteiger partial charge in [0.05, 0.1) is 6.54 Å². The monoisotopic (exact) mass is 359 g/mol. The Labute approximate surface area is 151 Å². The summed E-state index contributed by atoms with van der Waals surface area (Å²) in [4.78, 5) is 42.8. The van der Waals surface area contributed by atoms with Crippen LogP contribution in [0.4, 0.5) is 9.18 Å². The molecule has 2 fully saturated rings. The fourth-order valence-electron chi connectivity index (χ4n) is 3.54. The Morgan fingerprint density at radius 3 is 2.46 bits per heavy atom. The molecule has 1 saturated heterocycles. The highest BCUT2D eigenvalue weighted by molar-refractivity contribution is 6.27. The first kappa shape index (κ1) is 18.2. The van der Waals surface area contributed by atoms with Crippen molar-refractivity contribution >= 4 is 23.6 Å². The maximum Gasteiger partial charge on any atom is 0.331 e. The van der Waals surface area contributed by atoms with E-state index in [9.17, 15) is 18.8 Å². The number of aliphatic imine (C=N–C) groups is 1. The minimum absolute atomic E-state index is 0.156. The van der Waals surface area contributed by atoms with Crippen LogP contribution in [0.1, 0.15) is 44.6 Å². The summed E-state index contributed by atoms with van der Waals surface area (Å²) >= 11 is 0. The number of imide groups is 2. The molecule has 6 nitrogen and oxygen atoms in total. The SMILES string of the molecule is CC(=NCc1ccc(F)cc1)C1C(=O)NC(=O)N(C2CCCCC2)C1=O. The quantitative estimate of drug-likeness (QED) is 0.663. The van der Waals surface area contributed by atoms with Crippen LogP contribution in [0.2, 0.25) is 0 Å². The van der Waals surface area contributed by atoms with Crippen molar-refractivity contribution in [2.75, 3.05) is 0 Å². The summed E-state index contributed by atoms with van der Waals surface area (Å²) in [6.07, 6.45) is 4.58. The Bertz CT molecular complexity index is 739. The molecule has 2 aliphatic rings. The summed E-state index contributed by atoms with van der Waals surface area (Å²) in [6.45, 7) is 1.85. The number of benzene rings is 1. The minimum atomic E-state index is -1.09. The number of urea groups is 1. The first-order valence-electron chi connectivity index (χ1n) is 8.90. The number of halogens is 1.